The summed E-state index contributed by atoms with van der Waals surface area (Å²) in [6, 6.07) is 8.04. The highest BCUT2D eigenvalue weighted by Crippen LogP contribution is 2.60. The standard InChI is InChI=1S/C25H30N2O5/c26-14-16-1-3-21(4-2-16)31-5-6-32-23(29)22-10-20(28)15-27(22)24(30)25-11-17-7-18(12-25)9-19(8-17)13-25/h1-4,17-20,22,28H,5-13,15H2. The van der Waals surface area contributed by atoms with Crippen LogP contribution in [0.4, 0.5) is 0 Å². The number of nitriles is 1. The maximum absolute atomic E-state index is 13.7. The van der Waals surface area contributed by atoms with Crippen molar-refractivity contribution in [2.75, 3.05) is 19.8 Å². The van der Waals surface area contributed by atoms with Crippen LogP contribution in [-0.2, 0) is 14.3 Å². The summed E-state index contributed by atoms with van der Waals surface area (Å²) in [5.41, 5.74) is 0.211. The average Bonchev–Trinajstić information content (AvgIpc) is 3.17. The highest BCUT2D eigenvalue weighted by Gasteiger charge is 2.57. The van der Waals surface area contributed by atoms with Crippen LogP contribution in [0.15, 0.2) is 24.3 Å². The van der Waals surface area contributed by atoms with E-state index < -0.39 is 18.1 Å². The SMILES string of the molecule is N#Cc1ccc(OCCOC(=O)C2CC(O)CN2C(=O)C23CC4CC(CC(C4)C2)C3)cc1. The van der Waals surface area contributed by atoms with Gasteiger partial charge in [0, 0.05) is 13.0 Å². The zero-order valence-corrected chi connectivity index (χ0v) is 18.2. The fourth-order valence-corrected chi connectivity index (χ4v) is 6.96. The summed E-state index contributed by atoms with van der Waals surface area (Å²) >= 11 is 0. The summed E-state index contributed by atoms with van der Waals surface area (Å²) < 4.78 is 11.0. The number of amides is 1. The lowest BCUT2D eigenvalue weighted by Crippen LogP contribution is -2.56. The fraction of sp³-hybridized carbons (Fsp3) is 0.640. The molecular weight excluding hydrogens is 408 g/mol. The molecule has 1 saturated heterocycles. The first-order chi connectivity index (χ1) is 15.5. The number of hydrogen-bond acceptors (Lipinski definition) is 6. The molecule has 1 N–H and O–H groups in total. The van der Waals surface area contributed by atoms with Gasteiger partial charge in [-0.1, -0.05) is 0 Å². The van der Waals surface area contributed by atoms with Gasteiger partial charge in [0.15, 0.2) is 0 Å². The summed E-state index contributed by atoms with van der Waals surface area (Å²) in [6.45, 7) is 0.447. The number of likely N-dealkylation sites (tertiary alicyclic amines) is 1. The van der Waals surface area contributed by atoms with Crippen molar-refractivity contribution in [1.82, 2.24) is 4.90 Å². The van der Waals surface area contributed by atoms with Crippen LogP contribution in [-0.4, -0.2) is 53.8 Å². The van der Waals surface area contributed by atoms with Gasteiger partial charge in [-0.05, 0) is 80.5 Å². The molecule has 7 heteroatoms. The van der Waals surface area contributed by atoms with Gasteiger partial charge >= 0.3 is 5.97 Å². The molecule has 4 bridgehead atoms. The van der Waals surface area contributed by atoms with Crippen LogP contribution in [0.5, 0.6) is 5.75 Å². The van der Waals surface area contributed by atoms with E-state index in [0.29, 0.717) is 29.1 Å². The molecule has 4 aliphatic carbocycles. The van der Waals surface area contributed by atoms with Crippen molar-refractivity contribution >= 4 is 11.9 Å². The summed E-state index contributed by atoms with van der Waals surface area (Å²) in [7, 11) is 0. The summed E-state index contributed by atoms with van der Waals surface area (Å²) in [4.78, 5) is 28.1. The van der Waals surface area contributed by atoms with Crippen LogP contribution in [0, 0.1) is 34.5 Å². The second-order valence-electron chi connectivity index (χ2n) is 10.2. The van der Waals surface area contributed by atoms with Crippen molar-refractivity contribution in [2.24, 2.45) is 23.2 Å². The number of esters is 1. The lowest BCUT2D eigenvalue weighted by molar-refractivity contribution is -0.165. The van der Waals surface area contributed by atoms with E-state index in [1.54, 1.807) is 29.2 Å². The molecule has 2 unspecified atom stereocenters. The Morgan fingerprint density at radius 3 is 2.25 bits per heavy atom. The number of aliphatic hydroxyl groups excluding tert-OH is 1. The van der Waals surface area contributed by atoms with E-state index in [1.165, 1.54) is 19.3 Å². The Morgan fingerprint density at radius 1 is 1.03 bits per heavy atom. The summed E-state index contributed by atoms with van der Waals surface area (Å²) in [6.07, 6.45) is 6.09. The molecule has 0 spiro atoms. The van der Waals surface area contributed by atoms with E-state index in [4.69, 9.17) is 14.7 Å². The van der Waals surface area contributed by atoms with Crippen molar-refractivity contribution in [2.45, 2.75) is 57.1 Å². The first kappa shape index (κ1) is 21.3. The van der Waals surface area contributed by atoms with Crippen molar-refractivity contribution in [3.05, 3.63) is 29.8 Å². The predicted molar refractivity (Wildman–Crippen MR) is 114 cm³/mol. The van der Waals surface area contributed by atoms with Crippen LogP contribution in [0.1, 0.15) is 50.5 Å². The number of hydrogen-bond donors (Lipinski definition) is 1. The Morgan fingerprint density at radius 2 is 1.66 bits per heavy atom. The highest BCUT2D eigenvalue weighted by molar-refractivity contribution is 5.89. The minimum atomic E-state index is -0.722. The molecule has 32 heavy (non-hydrogen) atoms. The molecular formula is C25H30N2O5. The van der Waals surface area contributed by atoms with Gasteiger partial charge in [-0.2, -0.15) is 5.26 Å². The van der Waals surface area contributed by atoms with Gasteiger partial charge in [-0.3, -0.25) is 4.79 Å². The van der Waals surface area contributed by atoms with Crippen LogP contribution < -0.4 is 4.74 Å². The second kappa shape index (κ2) is 8.40. The molecule has 7 nitrogen and oxygen atoms in total. The Labute approximate surface area is 188 Å². The Bertz CT molecular complexity index is 886. The second-order valence-corrected chi connectivity index (χ2v) is 10.2. The molecule has 4 saturated carbocycles. The van der Waals surface area contributed by atoms with Crippen LogP contribution >= 0.6 is 0 Å². The minimum absolute atomic E-state index is 0.0592. The molecule has 1 aromatic carbocycles. The smallest absolute Gasteiger partial charge is 0.329 e. The maximum atomic E-state index is 13.7. The van der Waals surface area contributed by atoms with Gasteiger partial charge in [-0.25, -0.2) is 4.79 Å². The van der Waals surface area contributed by atoms with E-state index in [2.05, 4.69) is 0 Å². The van der Waals surface area contributed by atoms with Crippen LogP contribution in [0.3, 0.4) is 0 Å². The van der Waals surface area contributed by atoms with Crippen molar-refractivity contribution < 1.29 is 24.2 Å². The predicted octanol–water partition coefficient (Wildman–Crippen LogP) is 2.66. The summed E-state index contributed by atoms with van der Waals surface area (Å²) in [5, 5.41) is 19.1. The highest BCUT2D eigenvalue weighted by atomic mass is 16.6. The molecule has 1 amide bonds. The quantitative estimate of drug-likeness (QED) is 0.541. The number of β-amino-alcohol motifs (C(OH)–C–C–N with tert-alkyl or cyclic N) is 1. The third-order valence-corrected chi connectivity index (χ3v) is 7.88. The topological polar surface area (TPSA) is 99.9 Å². The van der Waals surface area contributed by atoms with E-state index in [-0.39, 0.29) is 37.5 Å². The number of ether oxygens (including phenoxy) is 2. The normalized spacial score (nSPS) is 34.9. The van der Waals surface area contributed by atoms with Gasteiger partial charge < -0.3 is 19.5 Å². The third-order valence-electron chi connectivity index (χ3n) is 7.88. The zero-order valence-electron chi connectivity index (χ0n) is 18.2. The Hall–Kier alpha value is -2.59. The summed E-state index contributed by atoms with van der Waals surface area (Å²) in [5.74, 6) is 2.11. The largest absolute Gasteiger partial charge is 0.490 e. The molecule has 6 rings (SSSR count). The van der Waals surface area contributed by atoms with Gasteiger partial charge in [0.05, 0.1) is 23.2 Å². The van der Waals surface area contributed by atoms with E-state index >= 15 is 0 Å². The Kier molecular flexibility index (Phi) is 5.58. The minimum Gasteiger partial charge on any atom is -0.490 e. The molecule has 1 heterocycles. The number of benzene rings is 1. The number of nitrogens with zero attached hydrogens (tertiary/aromatic N) is 2. The number of carbonyl (C=O) groups excluding carboxylic acids is 2. The average molecular weight is 439 g/mol. The van der Waals surface area contributed by atoms with E-state index in [0.717, 1.165) is 19.3 Å². The number of rotatable bonds is 6. The molecule has 5 fully saturated rings. The van der Waals surface area contributed by atoms with Gasteiger partial charge in [0.25, 0.3) is 0 Å². The fourth-order valence-electron chi connectivity index (χ4n) is 6.96. The Balaban J connectivity index is 1.18. The van der Waals surface area contributed by atoms with Gasteiger partial charge in [0.2, 0.25) is 5.91 Å². The molecule has 1 aromatic rings. The van der Waals surface area contributed by atoms with Crippen molar-refractivity contribution in [3.63, 3.8) is 0 Å². The lowest BCUT2D eigenvalue weighted by Gasteiger charge is -2.56. The molecule has 5 aliphatic rings. The third kappa shape index (κ3) is 3.97. The monoisotopic (exact) mass is 438 g/mol. The molecule has 2 atom stereocenters. The zero-order chi connectivity index (χ0) is 22.3. The van der Waals surface area contributed by atoms with Gasteiger partial charge in [-0.15, -0.1) is 0 Å². The number of carbonyl (C=O) groups is 2. The molecule has 0 aromatic heterocycles. The van der Waals surface area contributed by atoms with E-state index in [1.807, 2.05) is 6.07 Å². The molecule has 0 radical (unpaired) electrons. The van der Waals surface area contributed by atoms with Crippen LogP contribution in [0.25, 0.3) is 0 Å². The van der Waals surface area contributed by atoms with Gasteiger partial charge in [0.1, 0.15) is 25.0 Å². The van der Waals surface area contributed by atoms with Crippen molar-refractivity contribution in [1.29, 1.82) is 5.26 Å². The van der Waals surface area contributed by atoms with E-state index in [9.17, 15) is 14.7 Å². The number of aliphatic hydroxyl groups is 1. The van der Waals surface area contributed by atoms with Crippen LogP contribution in [0.2, 0.25) is 0 Å². The van der Waals surface area contributed by atoms with Crippen molar-refractivity contribution in [3.8, 4) is 11.8 Å². The lowest BCUT2D eigenvalue weighted by atomic mass is 9.49. The first-order valence-electron chi connectivity index (χ1n) is 11.7. The first-order valence-corrected chi connectivity index (χ1v) is 11.7. The molecule has 1 aliphatic heterocycles. The maximum Gasteiger partial charge on any atom is 0.329 e. The molecule has 170 valence electrons.